The minimum absolute atomic E-state index is 0.258. The lowest BCUT2D eigenvalue weighted by molar-refractivity contribution is -0.153. The van der Waals surface area contributed by atoms with Crippen molar-refractivity contribution in [2.24, 2.45) is 5.41 Å². The molecule has 0 aromatic rings. The predicted octanol–water partition coefficient (Wildman–Crippen LogP) is 0.936. The first-order valence-corrected chi connectivity index (χ1v) is 6.63. The third kappa shape index (κ3) is 4.72. The second-order valence-electron chi connectivity index (χ2n) is 4.69. The Morgan fingerprint density at radius 1 is 1.26 bits per heavy atom. The SMILES string of the molecule is COCCOCCOCCC1(C(=O)O)CCOC1C. The monoisotopic (exact) mass is 276 g/mol. The van der Waals surface area contributed by atoms with Crippen molar-refractivity contribution in [3.8, 4) is 0 Å². The van der Waals surface area contributed by atoms with E-state index < -0.39 is 11.4 Å². The van der Waals surface area contributed by atoms with Gasteiger partial charge in [0.05, 0.1) is 37.9 Å². The number of carboxylic acid groups (broad SMARTS) is 1. The van der Waals surface area contributed by atoms with Crippen molar-refractivity contribution >= 4 is 5.97 Å². The first-order chi connectivity index (χ1) is 9.13. The Labute approximate surface area is 114 Å². The molecule has 1 aliphatic heterocycles. The van der Waals surface area contributed by atoms with Crippen molar-refractivity contribution in [1.29, 1.82) is 0 Å². The molecule has 1 aliphatic rings. The third-order valence-corrected chi connectivity index (χ3v) is 3.62. The summed E-state index contributed by atoms with van der Waals surface area (Å²) in [6.07, 6.45) is 0.769. The molecule has 0 radical (unpaired) electrons. The van der Waals surface area contributed by atoms with Crippen molar-refractivity contribution < 1.29 is 28.8 Å². The van der Waals surface area contributed by atoms with Gasteiger partial charge in [-0.3, -0.25) is 4.79 Å². The molecular weight excluding hydrogens is 252 g/mol. The van der Waals surface area contributed by atoms with Gasteiger partial charge in [0.2, 0.25) is 0 Å². The van der Waals surface area contributed by atoms with Gasteiger partial charge < -0.3 is 24.1 Å². The quantitative estimate of drug-likeness (QED) is 0.598. The second kappa shape index (κ2) is 8.47. The maximum atomic E-state index is 11.4. The van der Waals surface area contributed by atoms with Gasteiger partial charge in [-0.1, -0.05) is 0 Å². The Morgan fingerprint density at radius 3 is 2.42 bits per heavy atom. The highest BCUT2D eigenvalue weighted by Crippen LogP contribution is 2.38. The zero-order chi connectivity index (χ0) is 14.1. The number of ether oxygens (including phenoxy) is 4. The topological polar surface area (TPSA) is 74.2 Å². The van der Waals surface area contributed by atoms with Gasteiger partial charge in [-0.25, -0.2) is 0 Å². The molecule has 0 saturated carbocycles. The molecule has 6 nitrogen and oxygen atoms in total. The van der Waals surface area contributed by atoms with Gasteiger partial charge in [-0.2, -0.15) is 0 Å². The summed E-state index contributed by atoms with van der Waals surface area (Å²) in [4.78, 5) is 11.4. The summed E-state index contributed by atoms with van der Waals surface area (Å²) in [5, 5.41) is 9.36. The first kappa shape index (κ1) is 16.4. The fraction of sp³-hybridized carbons (Fsp3) is 0.923. The van der Waals surface area contributed by atoms with Crippen molar-refractivity contribution in [3.05, 3.63) is 0 Å². The molecule has 0 bridgehead atoms. The highest BCUT2D eigenvalue weighted by molar-refractivity contribution is 5.75. The van der Waals surface area contributed by atoms with Crippen molar-refractivity contribution in [3.63, 3.8) is 0 Å². The van der Waals surface area contributed by atoms with E-state index in [1.807, 2.05) is 6.92 Å². The van der Waals surface area contributed by atoms with E-state index in [2.05, 4.69) is 0 Å². The number of carbonyl (C=O) groups is 1. The number of carboxylic acids is 1. The minimum Gasteiger partial charge on any atom is -0.481 e. The number of methoxy groups -OCH3 is 1. The zero-order valence-electron chi connectivity index (χ0n) is 11.7. The van der Waals surface area contributed by atoms with Gasteiger partial charge >= 0.3 is 5.97 Å². The molecule has 2 atom stereocenters. The molecule has 112 valence electrons. The van der Waals surface area contributed by atoms with E-state index in [9.17, 15) is 9.90 Å². The summed E-state index contributed by atoms with van der Waals surface area (Å²) in [5.74, 6) is -0.794. The highest BCUT2D eigenvalue weighted by Gasteiger charge is 2.47. The van der Waals surface area contributed by atoms with Crippen molar-refractivity contribution in [1.82, 2.24) is 0 Å². The molecular formula is C13H24O6. The summed E-state index contributed by atoms with van der Waals surface area (Å²) in [5.41, 5.74) is -0.795. The van der Waals surface area contributed by atoms with E-state index in [-0.39, 0.29) is 6.10 Å². The summed E-state index contributed by atoms with van der Waals surface area (Å²) in [6, 6.07) is 0. The van der Waals surface area contributed by atoms with E-state index in [4.69, 9.17) is 18.9 Å². The second-order valence-corrected chi connectivity index (χ2v) is 4.69. The maximum absolute atomic E-state index is 11.4. The number of rotatable bonds is 10. The molecule has 0 aromatic carbocycles. The molecule has 19 heavy (non-hydrogen) atoms. The van der Waals surface area contributed by atoms with Gasteiger partial charge in [0.25, 0.3) is 0 Å². The van der Waals surface area contributed by atoms with Crippen LogP contribution >= 0.6 is 0 Å². The van der Waals surface area contributed by atoms with Gasteiger partial charge in [0.1, 0.15) is 0 Å². The Morgan fingerprint density at radius 2 is 1.89 bits per heavy atom. The molecule has 1 saturated heterocycles. The van der Waals surface area contributed by atoms with Crippen LogP contribution in [0.4, 0.5) is 0 Å². The lowest BCUT2D eigenvalue weighted by Gasteiger charge is -2.27. The van der Waals surface area contributed by atoms with Crippen LogP contribution in [0.3, 0.4) is 0 Å². The average molecular weight is 276 g/mol. The largest absolute Gasteiger partial charge is 0.481 e. The number of hydrogen-bond acceptors (Lipinski definition) is 5. The van der Waals surface area contributed by atoms with Gasteiger partial charge in [0, 0.05) is 20.3 Å². The summed E-state index contributed by atoms with van der Waals surface area (Å²) < 4.78 is 20.9. The zero-order valence-corrected chi connectivity index (χ0v) is 11.7. The Kier molecular flexibility index (Phi) is 7.30. The van der Waals surface area contributed by atoms with Crippen LogP contribution in [0.2, 0.25) is 0 Å². The van der Waals surface area contributed by atoms with E-state index in [1.54, 1.807) is 7.11 Å². The van der Waals surface area contributed by atoms with Gasteiger partial charge in [0.15, 0.2) is 0 Å². The van der Waals surface area contributed by atoms with Crippen LogP contribution in [0.5, 0.6) is 0 Å². The van der Waals surface area contributed by atoms with E-state index in [0.29, 0.717) is 52.5 Å². The fourth-order valence-electron chi connectivity index (χ4n) is 2.22. The standard InChI is InChI=1S/C13H24O6/c1-11-13(12(14)15,4-6-19-11)3-5-17-9-10-18-8-7-16-2/h11H,3-10H2,1-2H3,(H,14,15). The van der Waals surface area contributed by atoms with Crippen LogP contribution in [-0.4, -0.2) is 63.9 Å². The molecule has 0 aromatic heterocycles. The molecule has 1 N–H and O–H groups in total. The molecule has 0 amide bonds. The predicted molar refractivity (Wildman–Crippen MR) is 68.2 cm³/mol. The summed E-state index contributed by atoms with van der Waals surface area (Å²) in [7, 11) is 1.62. The molecule has 0 aliphatic carbocycles. The Balaban J connectivity index is 2.15. The van der Waals surface area contributed by atoms with Crippen LogP contribution in [-0.2, 0) is 23.7 Å². The van der Waals surface area contributed by atoms with Crippen molar-refractivity contribution in [2.45, 2.75) is 25.9 Å². The Bertz CT molecular complexity index is 270. The van der Waals surface area contributed by atoms with E-state index in [1.165, 1.54) is 0 Å². The first-order valence-electron chi connectivity index (χ1n) is 6.63. The molecule has 6 heteroatoms. The fourth-order valence-corrected chi connectivity index (χ4v) is 2.22. The molecule has 1 heterocycles. The smallest absolute Gasteiger partial charge is 0.312 e. The lowest BCUT2D eigenvalue weighted by atomic mass is 9.79. The molecule has 0 spiro atoms. The van der Waals surface area contributed by atoms with Crippen LogP contribution in [0.1, 0.15) is 19.8 Å². The molecule has 1 rings (SSSR count). The van der Waals surface area contributed by atoms with Gasteiger partial charge in [-0.05, 0) is 19.8 Å². The minimum atomic E-state index is -0.795. The molecule has 1 fully saturated rings. The van der Waals surface area contributed by atoms with Crippen LogP contribution in [0, 0.1) is 5.41 Å². The van der Waals surface area contributed by atoms with Crippen LogP contribution < -0.4 is 0 Å². The highest BCUT2D eigenvalue weighted by atomic mass is 16.5. The lowest BCUT2D eigenvalue weighted by Crippen LogP contribution is -2.38. The normalized spacial score (nSPS) is 26.7. The number of hydrogen-bond donors (Lipinski definition) is 1. The maximum Gasteiger partial charge on any atom is 0.312 e. The van der Waals surface area contributed by atoms with E-state index >= 15 is 0 Å². The van der Waals surface area contributed by atoms with Crippen LogP contribution in [0.15, 0.2) is 0 Å². The van der Waals surface area contributed by atoms with Gasteiger partial charge in [-0.15, -0.1) is 0 Å². The third-order valence-electron chi connectivity index (χ3n) is 3.62. The molecule has 2 unspecified atom stereocenters. The average Bonchev–Trinajstić information content (AvgIpc) is 2.75. The Hall–Kier alpha value is -0.690. The summed E-state index contributed by atoms with van der Waals surface area (Å²) in [6.45, 7) is 4.81. The summed E-state index contributed by atoms with van der Waals surface area (Å²) >= 11 is 0. The van der Waals surface area contributed by atoms with Crippen molar-refractivity contribution in [2.75, 3.05) is 46.8 Å². The number of aliphatic carboxylic acids is 1. The van der Waals surface area contributed by atoms with E-state index in [0.717, 1.165) is 0 Å². The van der Waals surface area contributed by atoms with Crippen LogP contribution in [0.25, 0.3) is 0 Å².